The van der Waals surface area contributed by atoms with E-state index < -0.39 is 13.2 Å². The van der Waals surface area contributed by atoms with Crippen molar-refractivity contribution in [1.29, 1.82) is 0 Å². The number of allylic oxidation sites excluding steroid dienone is 2. The minimum Gasteiger partial charge on any atom is -0.390 e. The predicted octanol–water partition coefficient (Wildman–Crippen LogP) is 3.57. The summed E-state index contributed by atoms with van der Waals surface area (Å²) in [7, 11) is -2.74. The summed E-state index contributed by atoms with van der Waals surface area (Å²) in [4.78, 5) is 2.34. The van der Waals surface area contributed by atoms with E-state index in [1.165, 1.54) is 0 Å². The molecule has 4 heteroatoms. The van der Waals surface area contributed by atoms with Crippen molar-refractivity contribution in [2.45, 2.75) is 31.5 Å². The first-order valence-electron chi connectivity index (χ1n) is 10.1. The third kappa shape index (κ3) is 3.80. The molecule has 1 N–H and O–H groups in total. The highest BCUT2D eigenvalue weighted by molar-refractivity contribution is 7.78. The van der Waals surface area contributed by atoms with Gasteiger partial charge < -0.3 is 9.67 Å². The van der Waals surface area contributed by atoms with Gasteiger partial charge in [-0.25, -0.2) is 0 Å². The molecule has 3 nitrogen and oxygen atoms in total. The van der Waals surface area contributed by atoms with Crippen molar-refractivity contribution in [3.8, 4) is 0 Å². The maximum Gasteiger partial charge on any atom is 0.144 e. The highest BCUT2D eigenvalue weighted by Crippen LogP contribution is 2.46. The maximum absolute atomic E-state index is 14.3. The molecule has 2 aromatic carbocycles. The van der Waals surface area contributed by atoms with Gasteiger partial charge in [-0.2, -0.15) is 0 Å². The molecular formula is C24H28NO2P. The van der Waals surface area contributed by atoms with Crippen LogP contribution in [0.3, 0.4) is 0 Å². The lowest BCUT2D eigenvalue weighted by atomic mass is 10.0. The lowest BCUT2D eigenvalue weighted by molar-refractivity contribution is 0.126. The molecule has 1 aliphatic carbocycles. The lowest BCUT2D eigenvalue weighted by Gasteiger charge is -2.27. The average molecular weight is 393 g/mol. The Bertz CT molecular complexity index is 838. The van der Waals surface area contributed by atoms with E-state index in [0.717, 1.165) is 23.6 Å². The highest BCUT2D eigenvalue weighted by Gasteiger charge is 2.47. The van der Waals surface area contributed by atoms with Gasteiger partial charge in [0.2, 0.25) is 0 Å². The standard InChI is InChI=1S/C24H28NO2P/c1-2-20(25-17-23(25)24(26)19-11-9-10-12-19)18-28(27,21-13-5-3-6-14-21)22-15-7-4-8-16-22/h3-16,19-20,23-24,26H,2,17-18H2,1H3/t20-,23-,24?,25?/m1/s1. The zero-order valence-electron chi connectivity index (χ0n) is 16.3. The van der Waals surface area contributed by atoms with Gasteiger partial charge in [0.25, 0.3) is 0 Å². The van der Waals surface area contributed by atoms with Gasteiger partial charge in [0.15, 0.2) is 0 Å². The molecule has 1 heterocycles. The molecule has 146 valence electrons. The first-order valence-corrected chi connectivity index (χ1v) is 12.0. The fraction of sp³-hybridized carbons (Fsp3) is 0.333. The summed E-state index contributed by atoms with van der Waals surface area (Å²) in [5.74, 6) is 0.0996. The molecule has 4 atom stereocenters. The summed E-state index contributed by atoms with van der Waals surface area (Å²) in [6, 6.07) is 20.1. The summed E-state index contributed by atoms with van der Waals surface area (Å²) in [5, 5.41) is 12.6. The topological polar surface area (TPSA) is 40.3 Å². The fourth-order valence-electron chi connectivity index (χ4n) is 4.29. The van der Waals surface area contributed by atoms with Crippen LogP contribution in [-0.4, -0.2) is 40.9 Å². The molecule has 1 aliphatic heterocycles. The Hall–Kier alpha value is -1.93. The van der Waals surface area contributed by atoms with Crippen LogP contribution in [0.25, 0.3) is 0 Å². The van der Waals surface area contributed by atoms with E-state index in [9.17, 15) is 9.67 Å². The third-order valence-corrected chi connectivity index (χ3v) is 9.21. The zero-order valence-corrected chi connectivity index (χ0v) is 17.2. The van der Waals surface area contributed by atoms with Crippen molar-refractivity contribution in [3.05, 3.63) is 85.0 Å². The molecule has 1 fully saturated rings. The van der Waals surface area contributed by atoms with E-state index in [1.807, 2.05) is 72.8 Å². The maximum atomic E-state index is 14.3. The summed E-state index contributed by atoms with van der Waals surface area (Å²) in [6.07, 6.45) is 9.24. The van der Waals surface area contributed by atoms with E-state index >= 15 is 0 Å². The summed E-state index contributed by atoms with van der Waals surface area (Å²) >= 11 is 0. The number of aliphatic hydroxyl groups excluding tert-OH is 1. The predicted molar refractivity (Wildman–Crippen MR) is 117 cm³/mol. The zero-order chi connectivity index (χ0) is 19.6. The minimum atomic E-state index is -2.74. The average Bonchev–Trinajstić information content (AvgIpc) is 3.35. The molecule has 28 heavy (non-hydrogen) atoms. The second-order valence-corrected chi connectivity index (χ2v) is 10.6. The van der Waals surface area contributed by atoms with Crippen molar-refractivity contribution in [2.24, 2.45) is 5.92 Å². The van der Waals surface area contributed by atoms with E-state index in [1.54, 1.807) is 0 Å². The Labute approximate surface area is 167 Å². The summed E-state index contributed by atoms with van der Waals surface area (Å²) < 4.78 is 14.3. The first-order chi connectivity index (χ1) is 13.6. The number of nitrogens with zero attached hydrogens (tertiary/aromatic N) is 1. The molecule has 2 aromatic rings. The van der Waals surface area contributed by atoms with Crippen LogP contribution in [0.5, 0.6) is 0 Å². The van der Waals surface area contributed by atoms with Crippen LogP contribution in [0.15, 0.2) is 85.0 Å². The largest absolute Gasteiger partial charge is 0.390 e. The van der Waals surface area contributed by atoms with E-state index in [-0.39, 0.29) is 18.0 Å². The molecular weight excluding hydrogens is 365 g/mol. The van der Waals surface area contributed by atoms with Gasteiger partial charge >= 0.3 is 0 Å². The number of rotatable bonds is 8. The molecule has 2 aliphatic rings. The van der Waals surface area contributed by atoms with Crippen molar-refractivity contribution in [1.82, 2.24) is 4.90 Å². The first kappa shape index (κ1) is 19.4. The van der Waals surface area contributed by atoms with Crippen LogP contribution in [0.4, 0.5) is 0 Å². The normalized spacial score (nSPS) is 23.6. The second-order valence-electron chi connectivity index (χ2n) is 7.76. The molecule has 0 spiro atoms. The number of hydrogen-bond acceptors (Lipinski definition) is 3. The molecule has 1 saturated heterocycles. The second kappa shape index (κ2) is 8.21. The molecule has 0 radical (unpaired) electrons. The monoisotopic (exact) mass is 393 g/mol. The van der Waals surface area contributed by atoms with Crippen LogP contribution >= 0.6 is 7.14 Å². The van der Waals surface area contributed by atoms with Gasteiger partial charge in [0, 0.05) is 41.3 Å². The van der Waals surface area contributed by atoms with Gasteiger partial charge in [-0.05, 0) is 6.42 Å². The summed E-state index contributed by atoms with van der Waals surface area (Å²) in [6.45, 7) is 3.03. The third-order valence-electron chi connectivity index (χ3n) is 6.01. The van der Waals surface area contributed by atoms with Crippen LogP contribution in [0, 0.1) is 5.92 Å². The van der Waals surface area contributed by atoms with Crippen molar-refractivity contribution < 1.29 is 9.67 Å². The quantitative estimate of drug-likeness (QED) is 0.551. The fourth-order valence-corrected chi connectivity index (χ4v) is 7.38. The van der Waals surface area contributed by atoms with Gasteiger partial charge in [-0.15, -0.1) is 0 Å². The Kier molecular flexibility index (Phi) is 5.68. The molecule has 2 unspecified atom stereocenters. The van der Waals surface area contributed by atoms with Crippen molar-refractivity contribution in [3.63, 3.8) is 0 Å². The van der Waals surface area contributed by atoms with Gasteiger partial charge in [0.05, 0.1) is 6.10 Å². The van der Waals surface area contributed by atoms with Crippen LogP contribution in [-0.2, 0) is 4.57 Å². The van der Waals surface area contributed by atoms with Crippen LogP contribution in [0.2, 0.25) is 0 Å². The number of hydrogen-bond donors (Lipinski definition) is 1. The van der Waals surface area contributed by atoms with Crippen molar-refractivity contribution >= 4 is 17.8 Å². The molecule has 0 bridgehead atoms. The van der Waals surface area contributed by atoms with E-state index in [4.69, 9.17) is 0 Å². The highest BCUT2D eigenvalue weighted by atomic mass is 31.2. The van der Waals surface area contributed by atoms with E-state index in [2.05, 4.69) is 24.0 Å². The molecule has 0 amide bonds. The Balaban J connectivity index is 1.57. The molecule has 0 aromatic heterocycles. The Morgan fingerprint density at radius 2 is 1.54 bits per heavy atom. The SMILES string of the molecule is CC[C@H](CP(=O)(c1ccccc1)c1ccccc1)N1C[C@@H]1C(O)C1C=CC=C1. The van der Waals surface area contributed by atoms with Gasteiger partial charge in [-0.1, -0.05) is 91.9 Å². The van der Waals surface area contributed by atoms with Gasteiger partial charge in [0.1, 0.15) is 7.14 Å². The minimum absolute atomic E-state index is 0.0996. The van der Waals surface area contributed by atoms with Gasteiger partial charge in [-0.3, -0.25) is 4.90 Å². The van der Waals surface area contributed by atoms with E-state index in [0.29, 0.717) is 6.16 Å². The van der Waals surface area contributed by atoms with Crippen LogP contribution in [0.1, 0.15) is 13.3 Å². The molecule has 0 saturated carbocycles. The van der Waals surface area contributed by atoms with Crippen molar-refractivity contribution in [2.75, 3.05) is 12.7 Å². The summed E-state index contributed by atoms with van der Waals surface area (Å²) in [5.41, 5.74) is 0. The Morgan fingerprint density at radius 3 is 2.04 bits per heavy atom. The Morgan fingerprint density at radius 1 is 1.00 bits per heavy atom. The lowest BCUT2D eigenvalue weighted by Crippen LogP contribution is -2.34. The number of aliphatic hydroxyl groups is 1. The number of benzene rings is 2. The smallest absolute Gasteiger partial charge is 0.144 e. The van der Waals surface area contributed by atoms with Crippen LogP contribution < -0.4 is 10.6 Å². The molecule has 4 rings (SSSR count).